The third-order valence-electron chi connectivity index (χ3n) is 2.90. The predicted octanol–water partition coefficient (Wildman–Crippen LogP) is 0.903. The van der Waals surface area contributed by atoms with E-state index in [1.807, 2.05) is 0 Å². The van der Waals surface area contributed by atoms with Crippen LogP contribution < -0.4 is 5.73 Å². The van der Waals surface area contributed by atoms with Gasteiger partial charge in [-0.1, -0.05) is 6.92 Å². The van der Waals surface area contributed by atoms with Crippen LogP contribution in [0.3, 0.4) is 0 Å². The Bertz CT molecular complexity index is 152. The van der Waals surface area contributed by atoms with E-state index in [-0.39, 0.29) is 12.2 Å². The molecule has 13 heavy (non-hydrogen) atoms. The van der Waals surface area contributed by atoms with Gasteiger partial charge in [0.2, 0.25) is 0 Å². The average molecular weight is 187 g/mol. The fourth-order valence-corrected chi connectivity index (χ4v) is 2.08. The fraction of sp³-hybridized carbons (Fsp3) is 1.00. The van der Waals surface area contributed by atoms with E-state index in [9.17, 15) is 0 Å². The molecule has 0 aromatic rings. The SMILES string of the molecule is CC1CCC(CN)(OCCCO)C1. The van der Waals surface area contributed by atoms with Crippen LogP contribution in [0.1, 0.15) is 32.6 Å². The van der Waals surface area contributed by atoms with Gasteiger partial charge >= 0.3 is 0 Å². The average Bonchev–Trinajstić information content (AvgIpc) is 2.49. The molecule has 2 unspecified atom stereocenters. The summed E-state index contributed by atoms with van der Waals surface area (Å²) >= 11 is 0. The molecule has 0 bridgehead atoms. The van der Waals surface area contributed by atoms with Gasteiger partial charge in [0, 0.05) is 19.8 Å². The predicted molar refractivity (Wildman–Crippen MR) is 52.5 cm³/mol. The molecular formula is C10H21NO2. The maximum absolute atomic E-state index is 8.64. The molecule has 78 valence electrons. The van der Waals surface area contributed by atoms with Crippen molar-refractivity contribution < 1.29 is 9.84 Å². The van der Waals surface area contributed by atoms with Crippen molar-refractivity contribution in [3.05, 3.63) is 0 Å². The van der Waals surface area contributed by atoms with Gasteiger partial charge in [0.05, 0.1) is 5.60 Å². The van der Waals surface area contributed by atoms with Crippen LogP contribution in [0.25, 0.3) is 0 Å². The van der Waals surface area contributed by atoms with Crippen LogP contribution in [-0.4, -0.2) is 30.5 Å². The smallest absolute Gasteiger partial charge is 0.0806 e. The highest BCUT2D eigenvalue weighted by molar-refractivity contribution is 4.90. The summed E-state index contributed by atoms with van der Waals surface area (Å²) in [6.07, 6.45) is 4.09. The number of aliphatic hydroxyl groups is 1. The third kappa shape index (κ3) is 2.93. The van der Waals surface area contributed by atoms with Crippen molar-refractivity contribution in [2.24, 2.45) is 11.7 Å². The van der Waals surface area contributed by atoms with E-state index in [1.54, 1.807) is 0 Å². The Hall–Kier alpha value is -0.120. The lowest BCUT2D eigenvalue weighted by Crippen LogP contribution is -2.38. The molecule has 3 heteroatoms. The van der Waals surface area contributed by atoms with Gasteiger partial charge in [-0.05, 0) is 31.6 Å². The summed E-state index contributed by atoms with van der Waals surface area (Å²) in [4.78, 5) is 0. The van der Waals surface area contributed by atoms with Crippen LogP contribution in [0.4, 0.5) is 0 Å². The number of hydrogen-bond donors (Lipinski definition) is 2. The summed E-state index contributed by atoms with van der Waals surface area (Å²) in [5, 5.41) is 8.64. The van der Waals surface area contributed by atoms with Crippen LogP contribution in [0.2, 0.25) is 0 Å². The number of hydrogen-bond acceptors (Lipinski definition) is 3. The highest BCUT2D eigenvalue weighted by Gasteiger charge is 2.36. The first-order chi connectivity index (χ1) is 6.22. The second-order valence-electron chi connectivity index (χ2n) is 4.16. The molecule has 1 saturated carbocycles. The van der Waals surface area contributed by atoms with Crippen LogP contribution in [-0.2, 0) is 4.74 Å². The summed E-state index contributed by atoms with van der Waals surface area (Å²) in [7, 11) is 0. The summed E-state index contributed by atoms with van der Waals surface area (Å²) < 4.78 is 5.77. The van der Waals surface area contributed by atoms with Gasteiger partial charge in [-0.15, -0.1) is 0 Å². The zero-order valence-corrected chi connectivity index (χ0v) is 8.46. The van der Waals surface area contributed by atoms with Crippen molar-refractivity contribution in [2.75, 3.05) is 19.8 Å². The van der Waals surface area contributed by atoms with E-state index in [2.05, 4.69) is 6.92 Å². The fourth-order valence-electron chi connectivity index (χ4n) is 2.08. The summed E-state index contributed by atoms with van der Waals surface area (Å²) in [6, 6.07) is 0. The van der Waals surface area contributed by atoms with Gasteiger partial charge in [-0.25, -0.2) is 0 Å². The quantitative estimate of drug-likeness (QED) is 0.629. The van der Waals surface area contributed by atoms with E-state index in [4.69, 9.17) is 15.6 Å². The highest BCUT2D eigenvalue weighted by atomic mass is 16.5. The number of aliphatic hydroxyl groups excluding tert-OH is 1. The molecular weight excluding hydrogens is 166 g/mol. The third-order valence-corrected chi connectivity index (χ3v) is 2.90. The van der Waals surface area contributed by atoms with Crippen LogP contribution >= 0.6 is 0 Å². The standard InChI is InChI=1S/C10H21NO2/c1-9-3-4-10(7-9,8-11)13-6-2-5-12/h9,12H,2-8,11H2,1H3. The van der Waals surface area contributed by atoms with E-state index in [1.165, 1.54) is 6.42 Å². The van der Waals surface area contributed by atoms with Crippen molar-refractivity contribution in [2.45, 2.75) is 38.2 Å². The Morgan fingerprint density at radius 2 is 2.38 bits per heavy atom. The zero-order valence-electron chi connectivity index (χ0n) is 8.46. The molecule has 3 N–H and O–H groups in total. The van der Waals surface area contributed by atoms with Gasteiger partial charge < -0.3 is 15.6 Å². The molecule has 0 saturated heterocycles. The van der Waals surface area contributed by atoms with Crippen molar-refractivity contribution >= 4 is 0 Å². The summed E-state index contributed by atoms with van der Waals surface area (Å²) in [5.74, 6) is 0.734. The molecule has 1 aliphatic carbocycles. The molecule has 0 amide bonds. The number of ether oxygens (including phenoxy) is 1. The van der Waals surface area contributed by atoms with Crippen molar-refractivity contribution in [1.82, 2.24) is 0 Å². The Balaban J connectivity index is 2.32. The molecule has 0 radical (unpaired) electrons. The molecule has 0 aliphatic heterocycles. The van der Waals surface area contributed by atoms with Gasteiger partial charge in [0.15, 0.2) is 0 Å². The van der Waals surface area contributed by atoms with Crippen molar-refractivity contribution in [1.29, 1.82) is 0 Å². The molecule has 1 fully saturated rings. The first kappa shape index (κ1) is 11.0. The lowest BCUT2D eigenvalue weighted by Gasteiger charge is -2.28. The van der Waals surface area contributed by atoms with Gasteiger partial charge in [-0.2, -0.15) is 0 Å². The summed E-state index contributed by atoms with van der Waals surface area (Å²) in [6.45, 7) is 3.70. The maximum Gasteiger partial charge on any atom is 0.0806 e. The minimum absolute atomic E-state index is 0.0748. The Morgan fingerprint density at radius 3 is 2.85 bits per heavy atom. The Labute approximate surface area is 80.3 Å². The van der Waals surface area contributed by atoms with Gasteiger partial charge in [0.1, 0.15) is 0 Å². The molecule has 1 aliphatic rings. The molecule has 1 rings (SSSR count). The molecule has 0 aromatic heterocycles. The molecule has 0 heterocycles. The molecule has 0 aromatic carbocycles. The Kier molecular flexibility index (Phi) is 4.16. The first-order valence-corrected chi connectivity index (χ1v) is 5.17. The first-order valence-electron chi connectivity index (χ1n) is 5.17. The second-order valence-corrected chi connectivity index (χ2v) is 4.16. The second kappa shape index (κ2) is 4.94. The van der Waals surface area contributed by atoms with E-state index in [0.29, 0.717) is 13.2 Å². The van der Waals surface area contributed by atoms with Crippen LogP contribution in [0.5, 0.6) is 0 Å². The van der Waals surface area contributed by atoms with E-state index in [0.717, 1.165) is 25.2 Å². The van der Waals surface area contributed by atoms with Gasteiger partial charge in [-0.3, -0.25) is 0 Å². The lowest BCUT2D eigenvalue weighted by molar-refractivity contribution is -0.0403. The zero-order chi connectivity index (χ0) is 9.73. The maximum atomic E-state index is 8.64. The number of nitrogens with two attached hydrogens (primary N) is 1. The van der Waals surface area contributed by atoms with Gasteiger partial charge in [0.25, 0.3) is 0 Å². The normalized spacial score (nSPS) is 33.9. The molecule has 2 atom stereocenters. The van der Waals surface area contributed by atoms with Crippen molar-refractivity contribution in [3.63, 3.8) is 0 Å². The molecule has 3 nitrogen and oxygen atoms in total. The molecule has 0 spiro atoms. The lowest BCUT2D eigenvalue weighted by atomic mass is 10.0. The highest BCUT2D eigenvalue weighted by Crippen LogP contribution is 2.36. The monoisotopic (exact) mass is 187 g/mol. The topological polar surface area (TPSA) is 55.5 Å². The minimum Gasteiger partial charge on any atom is -0.396 e. The van der Waals surface area contributed by atoms with Crippen molar-refractivity contribution in [3.8, 4) is 0 Å². The minimum atomic E-state index is -0.0748. The van der Waals surface area contributed by atoms with Crippen LogP contribution in [0, 0.1) is 5.92 Å². The van der Waals surface area contributed by atoms with E-state index < -0.39 is 0 Å². The van der Waals surface area contributed by atoms with Crippen LogP contribution in [0.15, 0.2) is 0 Å². The number of rotatable bonds is 5. The Morgan fingerprint density at radius 1 is 1.62 bits per heavy atom. The summed E-state index contributed by atoms with van der Waals surface area (Å²) in [5.41, 5.74) is 5.65. The van der Waals surface area contributed by atoms with E-state index >= 15 is 0 Å². The largest absolute Gasteiger partial charge is 0.396 e.